The third kappa shape index (κ3) is 4.48. The van der Waals surface area contributed by atoms with Gasteiger partial charge in [-0.05, 0) is 69.2 Å². The van der Waals surface area contributed by atoms with Crippen molar-refractivity contribution in [1.82, 2.24) is 10.9 Å². The first-order chi connectivity index (χ1) is 14.7. The summed E-state index contributed by atoms with van der Waals surface area (Å²) in [6, 6.07) is 11.8. The second-order valence-electron chi connectivity index (χ2n) is 7.22. The molecule has 0 bridgehead atoms. The highest BCUT2D eigenvalue weighted by molar-refractivity contribution is 6.30. The fourth-order valence-corrected chi connectivity index (χ4v) is 3.16. The van der Waals surface area contributed by atoms with Crippen LogP contribution in [0.5, 0.6) is 0 Å². The number of hydrazine groups is 1. The Morgan fingerprint density at radius 1 is 0.968 bits per heavy atom. The maximum atomic E-state index is 13.0. The van der Waals surface area contributed by atoms with E-state index < -0.39 is 11.9 Å². The zero-order chi connectivity index (χ0) is 22.7. The summed E-state index contributed by atoms with van der Waals surface area (Å²) in [5.41, 5.74) is 10.1. The zero-order valence-corrected chi connectivity index (χ0v) is 18.1. The number of aryl methyl sites for hydroxylation is 2. The number of benzene rings is 2. The second-order valence-corrected chi connectivity index (χ2v) is 7.22. The molecule has 0 atom stereocenters. The lowest BCUT2D eigenvalue weighted by Crippen LogP contribution is -2.38. The molecule has 0 aliphatic carbocycles. The van der Waals surface area contributed by atoms with E-state index in [0.29, 0.717) is 22.7 Å². The number of hydrazone groups is 1. The molecule has 3 rings (SSSR count). The number of carbonyl (C=O) groups excluding carboxylic acids is 3. The third-order valence-electron chi connectivity index (χ3n) is 5.04. The second kappa shape index (κ2) is 8.83. The number of carbonyl (C=O) groups is 3. The minimum atomic E-state index is -0.532. The normalized spacial score (nSPS) is 14.8. The number of amides is 2. The summed E-state index contributed by atoms with van der Waals surface area (Å²) in [5.74, 6) is -1.28. The van der Waals surface area contributed by atoms with Crippen LogP contribution in [0, 0.1) is 13.8 Å². The van der Waals surface area contributed by atoms with Crippen LogP contribution in [0.3, 0.4) is 0 Å². The molecule has 0 radical (unpaired) electrons. The molecule has 0 fully saturated rings. The predicted molar refractivity (Wildman–Crippen MR) is 118 cm³/mol. The summed E-state index contributed by atoms with van der Waals surface area (Å²) in [6.45, 7) is 7.40. The molecule has 160 valence electrons. The molecule has 1 heterocycles. The quantitative estimate of drug-likeness (QED) is 0.440. The number of nitrogens with zero attached hydrogens (tertiary/aromatic N) is 2. The van der Waals surface area contributed by atoms with Gasteiger partial charge >= 0.3 is 5.97 Å². The molecule has 1 aliphatic rings. The van der Waals surface area contributed by atoms with Gasteiger partial charge in [0.05, 0.1) is 29.6 Å². The largest absolute Gasteiger partial charge is 0.465 e. The molecule has 1 aliphatic heterocycles. The van der Waals surface area contributed by atoms with Crippen LogP contribution in [0.15, 0.2) is 58.8 Å². The van der Waals surface area contributed by atoms with Gasteiger partial charge in [0, 0.05) is 11.3 Å². The standard InChI is InChI=1S/C23H24N4O4/c1-13-9-10-19(11-14(13)2)27-22(29)20(16(4)26-27)15(3)24-25-21(28)17-7-6-8-18(12-17)23(30)31-5/h6-12,24H,1-5H3,(H,25,28). The van der Waals surface area contributed by atoms with Crippen molar-refractivity contribution in [3.05, 3.63) is 76.0 Å². The Kier molecular flexibility index (Phi) is 6.20. The number of methoxy groups -OCH3 is 1. The molecule has 8 heteroatoms. The van der Waals surface area contributed by atoms with E-state index in [1.807, 2.05) is 32.0 Å². The molecule has 31 heavy (non-hydrogen) atoms. The number of hydrogen-bond donors (Lipinski definition) is 2. The summed E-state index contributed by atoms with van der Waals surface area (Å²) in [4.78, 5) is 37.1. The molecule has 0 unspecified atom stereocenters. The Morgan fingerprint density at radius 3 is 2.35 bits per heavy atom. The van der Waals surface area contributed by atoms with E-state index in [9.17, 15) is 14.4 Å². The van der Waals surface area contributed by atoms with Crippen LogP contribution in [0.1, 0.15) is 45.7 Å². The Morgan fingerprint density at radius 2 is 1.68 bits per heavy atom. The minimum Gasteiger partial charge on any atom is -0.465 e. The van der Waals surface area contributed by atoms with Crippen molar-refractivity contribution in [3.8, 4) is 0 Å². The maximum Gasteiger partial charge on any atom is 0.337 e. The van der Waals surface area contributed by atoms with E-state index in [2.05, 4.69) is 20.7 Å². The average Bonchev–Trinajstić information content (AvgIpc) is 3.07. The summed E-state index contributed by atoms with van der Waals surface area (Å²) < 4.78 is 4.67. The first-order valence-corrected chi connectivity index (χ1v) is 9.65. The van der Waals surface area contributed by atoms with E-state index >= 15 is 0 Å². The van der Waals surface area contributed by atoms with Gasteiger partial charge in [-0.15, -0.1) is 0 Å². The lowest BCUT2D eigenvalue weighted by molar-refractivity contribution is -0.114. The molecule has 2 aromatic carbocycles. The number of nitrogens with one attached hydrogen (secondary N) is 2. The molecular weight excluding hydrogens is 396 g/mol. The SMILES string of the molecule is COC(=O)c1cccc(C(=O)NNC(C)=C2C(=O)N(c3ccc(C)c(C)c3)N=C2C)c1. The van der Waals surface area contributed by atoms with E-state index in [1.54, 1.807) is 32.0 Å². The van der Waals surface area contributed by atoms with Crippen LogP contribution in [0.2, 0.25) is 0 Å². The van der Waals surface area contributed by atoms with E-state index in [4.69, 9.17) is 0 Å². The lowest BCUT2D eigenvalue weighted by atomic mass is 10.1. The van der Waals surface area contributed by atoms with Gasteiger partial charge in [0.1, 0.15) is 0 Å². The van der Waals surface area contributed by atoms with Gasteiger partial charge in [-0.25, -0.2) is 4.79 Å². The van der Waals surface area contributed by atoms with Gasteiger partial charge in [-0.3, -0.25) is 15.0 Å². The number of rotatable bonds is 5. The number of esters is 1. The summed E-state index contributed by atoms with van der Waals surface area (Å²) in [5, 5.41) is 5.73. The molecule has 2 N–H and O–H groups in total. The first kappa shape index (κ1) is 21.8. The van der Waals surface area contributed by atoms with Crippen molar-refractivity contribution in [1.29, 1.82) is 0 Å². The summed E-state index contributed by atoms with van der Waals surface area (Å²) in [6.07, 6.45) is 0. The monoisotopic (exact) mass is 420 g/mol. The van der Waals surface area contributed by atoms with Crippen molar-refractivity contribution in [3.63, 3.8) is 0 Å². The molecule has 2 aromatic rings. The first-order valence-electron chi connectivity index (χ1n) is 9.65. The fourth-order valence-electron chi connectivity index (χ4n) is 3.16. The Balaban J connectivity index is 1.75. The van der Waals surface area contributed by atoms with Crippen molar-refractivity contribution in [2.24, 2.45) is 5.10 Å². The van der Waals surface area contributed by atoms with Gasteiger partial charge in [-0.1, -0.05) is 12.1 Å². The predicted octanol–water partition coefficient (Wildman–Crippen LogP) is 3.02. The van der Waals surface area contributed by atoms with E-state index in [-0.39, 0.29) is 17.0 Å². The average molecular weight is 420 g/mol. The topological polar surface area (TPSA) is 100 Å². The number of ether oxygens (including phenoxy) is 1. The van der Waals surface area contributed by atoms with Crippen LogP contribution >= 0.6 is 0 Å². The van der Waals surface area contributed by atoms with Gasteiger partial charge in [0.15, 0.2) is 0 Å². The molecule has 0 spiro atoms. The minimum absolute atomic E-state index is 0.267. The van der Waals surface area contributed by atoms with Gasteiger partial charge in [0.2, 0.25) is 0 Å². The smallest absolute Gasteiger partial charge is 0.337 e. The van der Waals surface area contributed by atoms with Crippen molar-refractivity contribution in [2.45, 2.75) is 27.7 Å². The molecule has 0 saturated heterocycles. The fraction of sp³-hybridized carbons (Fsp3) is 0.217. The maximum absolute atomic E-state index is 13.0. The highest BCUT2D eigenvalue weighted by Crippen LogP contribution is 2.26. The Hall–Kier alpha value is -3.94. The highest BCUT2D eigenvalue weighted by atomic mass is 16.5. The molecule has 0 saturated carbocycles. The van der Waals surface area contributed by atoms with Gasteiger partial charge in [0.25, 0.3) is 11.8 Å². The van der Waals surface area contributed by atoms with Crippen molar-refractivity contribution >= 4 is 29.2 Å². The Bertz CT molecular complexity index is 1130. The van der Waals surface area contributed by atoms with E-state index in [1.165, 1.54) is 18.2 Å². The van der Waals surface area contributed by atoms with Crippen LogP contribution in [0.4, 0.5) is 5.69 Å². The molecule has 0 aromatic heterocycles. The number of anilines is 1. The highest BCUT2D eigenvalue weighted by Gasteiger charge is 2.31. The van der Waals surface area contributed by atoms with Crippen LogP contribution < -0.4 is 15.9 Å². The van der Waals surface area contributed by atoms with Crippen molar-refractivity contribution < 1.29 is 19.1 Å². The molecule has 8 nitrogen and oxygen atoms in total. The van der Waals surface area contributed by atoms with Crippen molar-refractivity contribution in [2.75, 3.05) is 12.1 Å². The Labute approximate surface area is 180 Å². The summed E-state index contributed by atoms with van der Waals surface area (Å²) >= 11 is 0. The lowest BCUT2D eigenvalue weighted by Gasteiger charge is -2.15. The molecule has 2 amide bonds. The van der Waals surface area contributed by atoms with Crippen LogP contribution in [0.25, 0.3) is 0 Å². The zero-order valence-electron chi connectivity index (χ0n) is 18.1. The summed E-state index contributed by atoms with van der Waals surface area (Å²) in [7, 11) is 1.27. The van der Waals surface area contributed by atoms with Crippen LogP contribution in [-0.2, 0) is 9.53 Å². The van der Waals surface area contributed by atoms with Crippen LogP contribution in [-0.4, -0.2) is 30.6 Å². The van der Waals surface area contributed by atoms with E-state index in [0.717, 1.165) is 11.1 Å². The third-order valence-corrected chi connectivity index (χ3v) is 5.04. The number of hydrogen-bond acceptors (Lipinski definition) is 6. The number of allylic oxidation sites excluding steroid dienone is 1. The molecular formula is C23H24N4O4. The van der Waals surface area contributed by atoms with Gasteiger partial charge < -0.3 is 10.2 Å². The van der Waals surface area contributed by atoms with Gasteiger partial charge in [-0.2, -0.15) is 10.1 Å².